The van der Waals surface area contributed by atoms with E-state index in [1.807, 2.05) is 0 Å². The number of carbonyl (C=O) groups is 2. The third kappa shape index (κ3) is 15.4. The standard InChI is InChI=1S/C42H28Cl4N6O18S4.4Na/c1-69-31-16-28(50-52-38-34(74(66,67)68)11-19-8-22(72(60,61)62)14-30(36(19)40(38)54)48-42(56)23-5-4-20(43)12-25(23)45)32(70-2)15-27(31)49-51-37-33(73(63,64)65)10-18-7-21(71(57,58)59)13-29(35(18)39(37)53)47-41(55)17-3-6-24(44)26(46)9-17;;;;/h3-16,53-54H,1-2H3,(H,47,55)(H,48,56)(H,57,58,59)(H,60,61,62)(H,63,64,65)(H,66,67,68);;;;. The van der Waals surface area contributed by atoms with Crippen LogP contribution in [-0.4, -0.2) is 206 Å². The van der Waals surface area contributed by atoms with Gasteiger partial charge in [0.1, 0.15) is 44.0 Å². The van der Waals surface area contributed by atoms with Crippen molar-refractivity contribution in [3.8, 4) is 23.0 Å². The molecule has 36 heteroatoms. The summed E-state index contributed by atoms with van der Waals surface area (Å²) in [5.41, 5.74) is -4.18. The second-order valence-corrected chi connectivity index (χ2v) is 22.2. The predicted octanol–water partition coefficient (Wildman–Crippen LogP) is 8.83. The molecule has 4 radical (unpaired) electrons. The fraction of sp³-hybridized carbons (Fsp3) is 0.0476. The zero-order valence-electron chi connectivity index (χ0n) is 40.6. The fourth-order valence-electron chi connectivity index (χ4n) is 6.93. The van der Waals surface area contributed by atoms with E-state index in [0.717, 1.165) is 32.4 Å². The summed E-state index contributed by atoms with van der Waals surface area (Å²) in [6, 6.07) is 13.5. The van der Waals surface area contributed by atoms with Crippen LogP contribution in [0.1, 0.15) is 20.7 Å². The minimum Gasteiger partial charge on any atom is -0.505 e. The number of nitrogens with one attached hydrogen (secondary N) is 2. The van der Waals surface area contributed by atoms with E-state index in [1.54, 1.807) is 0 Å². The van der Waals surface area contributed by atoms with E-state index in [1.165, 1.54) is 30.3 Å². The number of azo groups is 2. The van der Waals surface area contributed by atoms with Crippen LogP contribution in [0.3, 0.4) is 0 Å². The predicted molar refractivity (Wildman–Crippen MR) is 290 cm³/mol. The topological polar surface area (TPSA) is 384 Å². The van der Waals surface area contributed by atoms with Gasteiger partial charge in [-0.2, -0.15) is 33.7 Å². The van der Waals surface area contributed by atoms with E-state index in [9.17, 15) is 71.7 Å². The summed E-state index contributed by atoms with van der Waals surface area (Å²) in [4.78, 5) is 22.6. The van der Waals surface area contributed by atoms with Crippen molar-refractivity contribution in [3.63, 3.8) is 0 Å². The van der Waals surface area contributed by atoms with Crippen molar-refractivity contribution in [2.75, 3.05) is 24.9 Å². The van der Waals surface area contributed by atoms with Gasteiger partial charge in [-0.1, -0.05) is 46.4 Å². The van der Waals surface area contributed by atoms with E-state index in [0.29, 0.717) is 36.4 Å². The maximum Gasteiger partial charge on any atom is 0.296 e. The van der Waals surface area contributed by atoms with Gasteiger partial charge in [0.05, 0.1) is 56.0 Å². The number of carbonyl (C=O) groups excluding carboxylic acids is 2. The van der Waals surface area contributed by atoms with Crippen molar-refractivity contribution < 1.29 is 81.2 Å². The van der Waals surface area contributed by atoms with Crippen LogP contribution in [0.15, 0.2) is 125 Å². The average Bonchev–Trinajstić information content (AvgIpc) is 3.29. The maximum absolute atomic E-state index is 13.4. The van der Waals surface area contributed by atoms with Crippen LogP contribution in [0.25, 0.3) is 21.5 Å². The number of nitrogens with zero attached hydrogens (tertiary/aromatic N) is 4. The molecule has 0 unspecified atom stereocenters. The van der Waals surface area contributed by atoms with Gasteiger partial charge in [0, 0.05) is 152 Å². The zero-order chi connectivity index (χ0) is 54.6. The minimum atomic E-state index is -5.40. The van der Waals surface area contributed by atoms with Gasteiger partial charge in [-0.15, -0.1) is 20.5 Å². The number of benzene rings is 7. The van der Waals surface area contributed by atoms with Crippen LogP contribution in [0, 0.1) is 0 Å². The maximum atomic E-state index is 13.4. The Kier molecular flexibility index (Phi) is 24.1. The number of phenols is 2. The molecule has 0 bridgehead atoms. The first-order valence-electron chi connectivity index (χ1n) is 19.6. The number of hydrogen-bond donors (Lipinski definition) is 8. The largest absolute Gasteiger partial charge is 0.505 e. The van der Waals surface area contributed by atoms with Crippen LogP contribution in [0.2, 0.25) is 20.1 Å². The number of methoxy groups -OCH3 is 2. The van der Waals surface area contributed by atoms with Gasteiger partial charge in [0.15, 0.2) is 11.5 Å². The monoisotopic (exact) mass is 1260 g/mol. The molecule has 8 N–H and O–H groups in total. The molecule has 0 atom stereocenters. The molecule has 7 aromatic carbocycles. The summed E-state index contributed by atoms with van der Waals surface area (Å²) >= 11 is 24.1. The van der Waals surface area contributed by atoms with Gasteiger partial charge in [0.2, 0.25) is 0 Å². The molecule has 2 amide bonds. The third-order valence-corrected chi connectivity index (χ3v) is 14.9. The molecule has 0 aliphatic rings. The molecule has 0 spiro atoms. The SMILES string of the molecule is COc1cc(N=Nc2c(S(=O)(=O)O)cc3cc(S(=O)(=O)O)cc(NC(=O)c4ccc(Cl)cc4Cl)c3c2O)c(OC)cc1N=Nc1c(S(=O)(=O)O)cc2cc(S(=O)(=O)O)cc(NC(=O)c3ccc(Cl)c(Cl)c3)c2c1O.[Na].[Na].[Na].[Na]. The number of rotatable bonds is 14. The summed E-state index contributed by atoms with van der Waals surface area (Å²) < 4.78 is 151. The van der Waals surface area contributed by atoms with Crippen molar-refractivity contribution in [2.45, 2.75) is 19.6 Å². The van der Waals surface area contributed by atoms with Crippen LogP contribution in [0.4, 0.5) is 34.1 Å². The molecule has 0 saturated heterocycles. The summed E-state index contributed by atoms with van der Waals surface area (Å²) in [6.07, 6.45) is 0. The van der Waals surface area contributed by atoms with Gasteiger partial charge < -0.3 is 30.3 Å². The molecule has 0 aromatic heterocycles. The Hall–Kier alpha value is -2.80. The smallest absolute Gasteiger partial charge is 0.296 e. The van der Waals surface area contributed by atoms with E-state index >= 15 is 0 Å². The number of phenolic OH excluding ortho intramolecular Hbond substituents is 2. The van der Waals surface area contributed by atoms with Crippen molar-refractivity contribution in [1.82, 2.24) is 0 Å². The molecular weight excluding hydrogens is 1240 g/mol. The Morgan fingerprint density at radius 3 is 1.28 bits per heavy atom. The van der Waals surface area contributed by atoms with Gasteiger partial charge in [-0.3, -0.25) is 27.8 Å². The van der Waals surface area contributed by atoms with Gasteiger partial charge in [-0.05, 0) is 83.6 Å². The van der Waals surface area contributed by atoms with Crippen molar-refractivity contribution >= 4 is 273 Å². The number of anilines is 2. The number of hydrogen-bond acceptors (Lipinski definition) is 18. The number of amides is 2. The molecule has 390 valence electrons. The van der Waals surface area contributed by atoms with Gasteiger partial charge >= 0.3 is 0 Å². The van der Waals surface area contributed by atoms with Crippen LogP contribution >= 0.6 is 46.4 Å². The molecule has 78 heavy (non-hydrogen) atoms. The molecule has 7 aromatic rings. The summed E-state index contributed by atoms with van der Waals surface area (Å²) in [7, 11) is -18.8. The van der Waals surface area contributed by atoms with E-state index in [4.69, 9.17) is 55.9 Å². The van der Waals surface area contributed by atoms with Crippen LogP contribution in [-0.2, 0) is 40.5 Å². The van der Waals surface area contributed by atoms with Crippen LogP contribution < -0.4 is 20.1 Å². The normalized spacial score (nSPS) is 11.8. The molecule has 24 nitrogen and oxygen atoms in total. The zero-order valence-corrected chi connectivity index (χ0v) is 54.9. The van der Waals surface area contributed by atoms with Crippen molar-refractivity contribution in [2.24, 2.45) is 20.5 Å². The van der Waals surface area contributed by atoms with E-state index in [2.05, 4.69) is 31.1 Å². The van der Waals surface area contributed by atoms with Gasteiger partial charge in [0.25, 0.3) is 52.3 Å². The molecule has 0 aliphatic heterocycles. The summed E-state index contributed by atoms with van der Waals surface area (Å²) in [5, 5.41) is 41.6. The Labute approximate surface area is 550 Å². The van der Waals surface area contributed by atoms with E-state index in [-0.39, 0.29) is 172 Å². The Morgan fingerprint density at radius 1 is 0.487 bits per heavy atom. The molecule has 0 heterocycles. The first-order valence-corrected chi connectivity index (χ1v) is 26.9. The molecule has 0 saturated carbocycles. The van der Waals surface area contributed by atoms with Crippen LogP contribution in [0.5, 0.6) is 23.0 Å². The number of ether oxygens (including phenoxy) is 2. The molecule has 0 fully saturated rings. The second kappa shape index (κ2) is 27.1. The first-order chi connectivity index (χ1) is 34.4. The molecule has 7 rings (SSSR count). The number of halogens is 4. The third-order valence-electron chi connectivity index (χ3n) is 10.2. The van der Waals surface area contributed by atoms with Crippen molar-refractivity contribution in [1.29, 1.82) is 0 Å². The minimum absolute atomic E-state index is 0. The average molecular weight is 1270 g/mol. The second-order valence-electron chi connectivity index (χ2n) is 14.9. The summed E-state index contributed by atoms with van der Waals surface area (Å²) in [5.74, 6) is -4.87. The molecule has 0 aliphatic carbocycles. The Balaban J connectivity index is 0.00000400. The Bertz CT molecular complexity index is 4150. The molecular formula is C42H28Cl4N6Na4O18S4. The quantitative estimate of drug-likeness (QED) is 0.0286. The Morgan fingerprint density at radius 2 is 0.910 bits per heavy atom. The number of fused-ring (bicyclic) bond motifs is 2. The number of aromatic hydroxyl groups is 2. The first kappa shape index (κ1) is 69.5. The fourth-order valence-corrected chi connectivity index (χ4v) is 10.1. The van der Waals surface area contributed by atoms with E-state index < -0.39 is 128 Å². The van der Waals surface area contributed by atoms with Crippen molar-refractivity contribution in [3.05, 3.63) is 116 Å². The summed E-state index contributed by atoms with van der Waals surface area (Å²) in [6.45, 7) is 0. The van der Waals surface area contributed by atoms with Gasteiger partial charge in [-0.25, -0.2) is 0 Å².